The number of nitrogens with one attached hydrogen (secondary N) is 2. The number of likely N-dealkylation sites (N-methyl/N-ethyl adjacent to an activating group) is 1. The lowest BCUT2D eigenvalue weighted by Gasteiger charge is -2.34. The first-order valence-corrected chi connectivity index (χ1v) is 11.7. The molecule has 2 unspecified atom stereocenters. The topological polar surface area (TPSA) is 131 Å². The van der Waals surface area contributed by atoms with E-state index in [0.29, 0.717) is 12.1 Å². The fraction of sp³-hybridized carbons (Fsp3) is 0.600. The van der Waals surface area contributed by atoms with Crippen molar-refractivity contribution in [1.29, 1.82) is 0 Å². The molecule has 0 aliphatic heterocycles. The van der Waals surface area contributed by atoms with Crippen LogP contribution in [-0.2, 0) is 19.1 Å². The lowest BCUT2D eigenvalue weighted by molar-refractivity contribution is -0.143. The molecule has 0 fully saturated rings. The number of unbranched alkanes of at least 4 members (excludes halogenated alkanes) is 1. The number of alkyl carbamates (subject to hydrolysis) is 1. The number of amides is 4. The van der Waals surface area contributed by atoms with Crippen LogP contribution in [0.25, 0.3) is 0 Å². The van der Waals surface area contributed by atoms with Gasteiger partial charge in [0.05, 0.1) is 6.42 Å². The van der Waals surface area contributed by atoms with Gasteiger partial charge in [0.2, 0.25) is 17.7 Å². The van der Waals surface area contributed by atoms with Crippen LogP contribution in [0.1, 0.15) is 76.6 Å². The first-order chi connectivity index (χ1) is 15.8. The Bertz CT molecular complexity index is 879. The van der Waals surface area contributed by atoms with Crippen LogP contribution >= 0.6 is 0 Å². The van der Waals surface area contributed by atoms with Crippen molar-refractivity contribution in [2.45, 2.75) is 85.4 Å². The molecule has 1 rings (SSSR count). The van der Waals surface area contributed by atoms with E-state index in [1.54, 1.807) is 27.7 Å². The number of aryl methyl sites for hydroxylation is 1. The van der Waals surface area contributed by atoms with E-state index in [9.17, 15) is 19.2 Å². The predicted octanol–water partition coefficient (Wildman–Crippen LogP) is 2.88. The molecule has 0 saturated heterocycles. The Hall–Kier alpha value is -3.10. The highest BCUT2D eigenvalue weighted by atomic mass is 16.6. The molecular formula is C25H40N4O5. The zero-order valence-corrected chi connectivity index (χ0v) is 21.5. The standard InChI is InChI=1S/C25H40N4O5/c1-8-10-14-27-22(31)21(18-13-11-12-16(3)17(18)4)29(9-2)23(32)19(15-20(26)30)28-24(33)34-25(5,6)7/h11-13,19,21H,8-10,14-15H2,1-7H3,(H2,26,30)(H,27,31)(H,28,33). The first-order valence-electron chi connectivity index (χ1n) is 11.7. The summed E-state index contributed by atoms with van der Waals surface area (Å²) in [6.07, 6.45) is 0.436. The van der Waals surface area contributed by atoms with Gasteiger partial charge in [0, 0.05) is 13.1 Å². The van der Waals surface area contributed by atoms with E-state index in [2.05, 4.69) is 10.6 Å². The highest BCUT2D eigenvalue weighted by Gasteiger charge is 2.36. The molecule has 0 aliphatic carbocycles. The second-order valence-corrected chi connectivity index (χ2v) is 9.33. The number of nitrogens with two attached hydrogens (primary N) is 1. The van der Waals surface area contributed by atoms with E-state index < -0.39 is 42.0 Å². The summed E-state index contributed by atoms with van der Waals surface area (Å²) in [5, 5.41) is 5.37. The molecule has 2 atom stereocenters. The average Bonchev–Trinajstić information content (AvgIpc) is 2.71. The summed E-state index contributed by atoms with van der Waals surface area (Å²) in [7, 11) is 0. The van der Waals surface area contributed by atoms with Crippen molar-refractivity contribution in [3.05, 3.63) is 34.9 Å². The SMILES string of the molecule is CCCCNC(=O)C(c1cccc(C)c1C)N(CC)C(=O)C(CC(N)=O)NC(=O)OC(C)(C)C. The minimum absolute atomic E-state index is 0.170. The van der Waals surface area contributed by atoms with Crippen LogP contribution in [0.2, 0.25) is 0 Å². The molecule has 0 aliphatic rings. The van der Waals surface area contributed by atoms with Crippen LogP contribution in [0, 0.1) is 13.8 Å². The predicted molar refractivity (Wildman–Crippen MR) is 131 cm³/mol. The van der Waals surface area contributed by atoms with E-state index in [4.69, 9.17) is 10.5 Å². The summed E-state index contributed by atoms with van der Waals surface area (Å²) in [4.78, 5) is 52.4. The zero-order chi connectivity index (χ0) is 26.1. The smallest absolute Gasteiger partial charge is 0.408 e. The van der Waals surface area contributed by atoms with Crippen LogP contribution in [0.15, 0.2) is 18.2 Å². The van der Waals surface area contributed by atoms with Crippen molar-refractivity contribution < 1.29 is 23.9 Å². The van der Waals surface area contributed by atoms with Gasteiger partial charge in [-0.3, -0.25) is 14.4 Å². The second-order valence-electron chi connectivity index (χ2n) is 9.33. The number of rotatable bonds is 11. The molecule has 0 saturated carbocycles. The molecule has 1 aromatic rings. The normalized spacial score (nSPS) is 12.9. The van der Waals surface area contributed by atoms with Gasteiger partial charge in [0.15, 0.2) is 0 Å². The molecule has 0 aromatic heterocycles. The summed E-state index contributed by atoms with van der Waals surface area (Å²) in [5.74, 6) is -1.68. The van der Waals surface area contributed by atoms with Crippen molar-refractivity contribution in [1.82, 2.24) is 15.5 Å². The van der Waals surface area contributed by atoms with Crippen LogP contribution in [0.4, 0.5) is 4.79 Å². The Morgan fingerprint density at radius 1 is 1.12 bits per heavy atom. The quantitative estimate of drug-likeness (QED) is 0.423. The third-order valence-electron chi connectivity index (χ3n) is 5.35. The number of ether oxygens (including phenoxy) is 1. The van der Waals surface area contributed by atoms with E-state index in [1.165, 1.54) is 4.90 Å². The minimum Gasteiger partial charge on any atom is -0.444 e. The summed E-state index contributed by atoms with van der Waals surface area (Å²) in [5.41, 5.74) is 7.11. The van der Waals surface area contributed by atoms with Gasteiger partial charge < -0.3 is 26.0 Å². The van der Waals surface area contributed by atoms with Gasteiger partial charge in [-0.1, -0.05) is 31.5 Å². The fourth-order valence-electron chi connectivity index (χ4n) is 3.52. The number of nitrogens with zero attached hydrogens (tertiary/aromatic N) is 1. The Morgan fingerprint density at radius 2 is 1.76 bits per heavy atom. The summed E-state index contributed by atoms with van der Waals surface area (Å²) in [6.45, 7) is 13.3. The molecule has 0 bridgehead atoms. The molecule has 0 radical (unpaired) electrons. The molecule has 34 heavy (non-hydrogen) atoms. The maximum Gasteiger partial charge on any atom is 0.408 e. The summed E-state index contributed by atoms with van der Waals surface area (Å²) < 4.78 is 5.25. The molecule has 0 spiro atoms. The number of hydrogen-bond acceptors (Lipinski definition) is 5. The Labute approximate surface area is 202 Å². The number of primary amides is 1. The van der Waals surface area contributed by atoms with E-state index in [1.807, 2.05) is 39.0 Å². The van der Waals surface area contributed by atoms with Crippen LogP contribution in [0.5, 0.6) is 0 Å². The van der Waals surface area contributed by atoms with Crippen LogP contribution in [-0.4, -0.2) is 53.4 Å². The molecule has 9 heteroatoms. The van der Waals surface area contributed by atoms with Crippen molar-refractivity contribution in [3.8, 4) is 0 Å². The zero-order valence-electron chi connectivity index (χ0n) is 21.5. The maximum absolute atomic E-state index is 13.6. The molecular weight excluding hydrogens is 436 g/mol. The van der Waals surface area contributed by atoms with Crippen molar-refractivity contribution in [2.75, 3.05) is 13.1 Å². The number of carbonyl (C=O) groups is 4. The average molecular weight is 477 g/mol. The Kier molecular flexibility index (Phi) is 11.0. The third kappa shape index (κ3) is 8.68. The lowest BCUT2D eigenvalue weighted by Crippen LogP contribution is -2.54. The highest BCUT2D eigenvalue weighted by Crippen LogP contribution is 2.27. The summed E-state index contributed by atoms with van der Waals surface area (Å²) in [6, 6.07) is 3.37. The molecule has 190 valence electrons. The minimum atomic E-state index is -1.27. The largest absolute Gasteiger partial charge is 0.444 e. The Morgan fingerprint density at radius 3 is 2.29 bits per heavy atom. The van der Waals surface area contributed by atoms with E-state index >= 15 is 0 Å². The Balaban J connectivity index is 3.40. The highest BCUT2D eigenvalue weighted by molar-refractivity contribution is 5.94. The maximum atomic E-state index is 13.6. The number of benzene rings is 1. The van der Waals surface area contributed by atoms with Crippen molar-refractivity contribution in [3.63, 3.8) is 0 Å². The molecule has 9 nitrogen and oxygen atoms in total. The van der Waals surface area contributed by atoms with Gasteiger partial charge in [-0.25, -0.2) is 4.79 Å². The number of carbonyl (C=O) groups excluding carboxylic acids is 4. The van der Waals surface area contributed by atoms with Crippen molar-refractivity contribution >= 4 is 23.8 Å². The van der Waals surface area contributed by atoms with Gasteiger partial charge >= 0.3 is 6.09 Å². The van der Waals surface area contributed by atoms with Gasteiger partial charge in [-0.05, 0) is 64.7 Å². The molecule has 4 N–H and O–H groups in total. The van der Waals surface area contributed by atoms with Gasteiger partial charge in [0.1, 0.15) is 17.7 Å². The van der Waals surface area contributed by atoms with Gasteiger partial charge in [0.25, 0.3) is 0 Å². The number of hydrogen-bond donors (Lipinski definition) is 3. The lowest BCUT2D eigenvalue weighted by atomic mass is 9.95. The van der Waals surface area contributed by atoms with Crippen molar-refractivity contribution in [2.24, 2.45) is 5.73 Å². The molecule has 4 amide bonds. The second kappa shape index (κ2) is 13.0. The monoisotopic (exact) mass is 476 g/mol. The van der Waals surface area contributed by atoms with Crippen LogP contribution in [0.3, 0.4) is 0 Å². The van der Waals surface area contributed by atoms with Gasteiger partial charge in [-0.2, -0.15) is 0 Å². The molecule has 0 heterocycles. The first kappa shape index (κ1) is 28.9. The third-order valence-corrected chi connectivity index (χ3v) is 5.35. The molecule has 1 aromatic carbocycles. The fourth-order valence-corrected chi connectivity index (χ4v) is 3.52. The van der Waals surface area contributed by atoms with E-state index in [0.717, 1.165) is 24.0 Å². The van der Waals surface area contributed by atoms with Gasteiger partial charge in [-0.15, -0.1) is 0 Å². The van der Waals surface area contributed by atoms with E-state index in [-0.39, 0.29) is 12.5 Å². The van der Waals surface area contributed by atoms with Crippen LogP contribution < -0.4 is 16.4 Å². The summed E-state index contributed by atoms with van der Waals surface area (Å²) >= 11 is 0.